The molecule has 0 saturated heterocycles. The summed E-state index contributed by atoms with van der Waals surface area (Å²) in [5.74, 6) is 0. The van der Waals surface area contributed by atoms with Crippen molar-refractivity contribution >= 4 is 28.7 Å². The second kappa shape index (κ2) is 5.58. The third kappa shape index (κ3) is 3.39. The molecule has 5 nitrogen and oxygen atoms in total. The van der Waals surface area contributed by atoms with Crippen LogP contribution in [0.1, 0.15) is 18.1 Å². The van der Waals surface area contributed by atoms with Crippen molar-refractivity contribution in [2.24, 2.45) is 0 Å². The van der Waals surface area contributed by atoms with Gasteiger partial charge in [-0.25, -0.2) is 0 Å². The number of nitro groups is 1. The molecule has 0 bridgehead atoms. The first-order valence-corrected chi connectivity index (χ1v) is 5.67. The fourth-order valence-corrected chi connectivity index (χ4v) is 1.63. The molecular weight excluding hydrogens is 238 g/mol. The van der Waals surface area contributed by atoms with Crippen LogP contribution in [0.5, 0.6) is 0 Å². The van der Waals surface area contributed by atoms with Gasteiger partial charge in [0.1, 0.15) is 5.69 Å². The van der Waals surface area contributed by atoms with Crippen molar-refractivity contribution in [3.8, 4) is 0 Å². The SMILES string of the molecule is CCNC(=S)Nc1cc(C)c(C)cc1[N+](=O)[O-]. The molecule has 0 atom stereocenters. The number of nitrogens with zero attached hydrogens (tertiary/aromatic N) is 1. The summed E-state index contributed by atoms with van der Waals surface area (Å²) in [6, 6.07) is 3.28. The van der Waals surface area contributed by atoms with E-state index in [1.54, 1.807) is 12.1 Å². The number of hydrogen-bond donors (Lipinski definition) is 2. The van der Waals surface area contributed by atoms with Crippen molar-refractivity contribution in [2.75, 3.05) is 11.9 Å². The largest absolute Gasteiger partial charge is 0.363 e. The minimum atomic E-state index is -0.413. The van der Waals surface area contributed by atoms with Gasteiger partial charge >= 0.3 is 0 Å². The van der Waals surface area contributed by atoms with Gasteiger partial charge < -0.3 is 10.6 Å². The summed E-state index contributed by atoms with van der Waals surface area (Å²) in [4.78, 5) is 10.5. The molecule has 0 spiro atoms. The molecule has 1 aromatic rings. The van der Waals surface area contributed by atoms with Gasteiger partial charge in [-0.15, -0.1) is 0 Å². The van der Waals surface area contributed by atoms with E-state index in [2.05, 4.69) is 10.6 Å². The van der Waals surface area contributed by atoms with Gasteiger partial charge in [-0.2, -0.15) is 0 Å². The lowest BCUT2D eigenvalue weighted by atomic mass is 10.1. The van der Waals surface area contributed by atoms with E-state index in [0.717, 1.165) is 11.1 Å². The highest BCUT2D eigenvalue weighted by Gasteiger charge is 2.16. The van der Waals surface area contributed by atoms with Crippen molar-refractivity contribution in [1.29, 1.82) is 0 Å². The fraction of sp³-hybridized carbons (Fsp3) is 0.364. The number of thiocarbonyl (C=S) groups is 1. The predicted molar refractivity (Wildman–Crippen MR) is 72.5 cm³/mol. The standard InChI is InChI=1S/C11H15N3O2S/c1-4-12-11(17)13-9-5-7(2)8(3)6-10(9)14(15)16/h5-6H,4H2,1-3H3,(H2,12,13,17). The first-order valence-electron chi connectivity index (χ1n) is 5.26. The van der Waals surface area contributed by atoms with Gasteiger partial charge in [0.2, 0.25) is 0 Å². The highest BCUT2D eigenvalue weighted by molar-refractivity contribution is 7.80. The van der Waals surface area contributed by atoms with E-state index in [0.29, 0.717) is 17.3 Å². The molecule has 92 valence electrons. The Labute approximate surface area is 105 Å². The topological polar surface area (TPSA) is 67.2 Å². The monoisotopic (exact) mass is 253 g/mol. The van der Waals surface area contributed by atoms with E-state index >= 15 is 0 Å². The zero-order chi connectivity index (χ0) is 13.0. The normalized spacial score (nSPS) is 9.82. The molecule has 0 amide bonds. The fourth-order valence-electron chi connectivity index (χ4n) is 1.38. The minimum Gasteiger partial charge on any atom is -0.363 e. The van der Waals surface area contributed by atoms with Crippen LogP contribution in [-0.2, 0) is 0 Å². The Kier molecular flexibility index (Phi) is 4.39. The number of rotatable bonds is 3. The van der Waals surface area contributed by atoms with Gasteiger partial charge in [-0.1, -0.05) is 0 Å². The maximum absolute atomic E-state index is 10.9. The maximum atomic E-state index is 10.9. The molecule has 1 rings (SSSR count). The summed E-state index contributed by atoms with van der Waals surface area (Å²) < 4.78 is 0. The Morgan fingerprint density at radius 1 is 1.41 bits per heavy atom. The molecule has 0 heterocycles. The predicted octanol–water partition coefficient (Wildman–Crippen LogP) is 2.52. The third-order valence-electron chi connectivity index (χ3n) is 2.39. The molecule has 0 aliphatic carbocycles. The highest BCUT2D eigenvalue weighted by Crippen LogP contribution is 2.27. The molecule has 2 N–H and O–H groups in total. The van der Waals surface area contributed by atoms with E-state index in [1.165, 1.54) is 0 Å². The number of benzene rings is 1. The van der Waals surface area contributed by atoms with Crippen LogP contribution in [0, 0.1) is 24.0 Å². The van der Waals surface area contributed by atoms with Crippen LogP contribution in [0.4, 0.5) is 11.4 Å². The first-order chi connectivity index (χ1) is 7.95. The molecule has 1 aromatic carbocycles. The highest BCUT2D eigenvalue weighted by atomic mass is 32.1. The van der Waals surface area contributed by atoms with Crippen molar-refractivity contribution in [2.45, 2.75) is 20.8 Å². The summed E-state index contributed by atoms with van der Waals surface area (Å²) in [5.41, 5.74) is 2.33. The van der Waals surface area contributed by atoms with E-state index in [-0.39, 0.29) is 5.69 Å². The van der Waals surface area contributed by atoms with E-state index in [1.807, 2.05) is 20.8 Å². The van der Waals surface area contributed by atoms with E-state index in [9.17, 15) is 10.1 Å². The van der Waals surface area contributed by atoms with E-state index in [4.69, 9.17) is 12.2 Å². The Bertz CT molecular complexity index is 460. The minimum absolute atomic E-state index is 0.0355. The van der Waals surface area contributed by atoms with Crippen molar-refractivity contribution in [1.82, 2.24) is 5.32 Å². The molecule has 0 radical (unpaired) electrons. The molecule has 6 heteroatoms. The van der Waals surface area contributed by atoms with Crippen LogP contribution in [0.2, 0.25) is 0 Å². The molecule has 0 saturated carbocycles. The number of aryl methyl sites for hydroxylation is 2. The van der Waals surface area contributed by atoms with Crippen molar-refractivity contribution in [3.63, 3.8) is 0 Å². The van der Waals surface area contributed by atoms with Gasteiger partial charge in [-0.3, -0.25) is 10.1 Å². The summed E-state index contributed by atoms with van der Waals surface area (Å²) in [6.07, 6.45) is 0. The van der Waals surface area contributed by atoms with Gasteiger partial charge in [0, 0.05) is 12.6 Å². The molecule has 0 fully saturated rings. The molecule has 0 unspecified atom stereocenters. The van der Waals surface area contributed by atoms with Gasteiger partial charge in [-0.05, 0) is 50.2 Å². The Morgan fingerprint density at radius 3 is 2.53 bits per heavy atom. The number of hydrogen-bond acceptors (Lipinski definition) is 3. The van der Waals surface area contributed by atoms with Crippen LogP contribution in [0.15, 0.2) is 12.1 Å². The second-order valence-electron chi connectivity index (χ2n) is 3.70. The lowest BCUT2D eigenvalue weighted by Crippen LogP contribution is -2.28. The Morgan fingerprint density at radius 2 is 2.00 bits per heavy atom. The van der Waals surface area contributed by atoms with Crippen LogP contribution < -0.4 is 10.6 Å². The van der Waals surface area contributed by atoms with Crippen LogP contribution >= 0.6 is 12.2 Å². The summed E-state index contributed by atoms with van der Waals surface area (Å²) in [5, 5.41) is 17.0. The van der Waals surface area contributed by atoms with Crippen LogP contribution in [0.3, 0.4) is 0 Å². The van der Waals surface area contributed by atoms with E-state index < -0.39 is 4.92 Å². The third-order valence-corrected chi connectivity index (χ3v) is 2.64. The Hall–Kier alpha value is -1.69. The van der Waals surface area contributed by atoms with Crippen LogP contribution in [0.25, 0.3) is 0 Å². The maximum Gasteiger partial charge on any atom is 0.293 e. The second-order valence-corrected chi connectivity index (χ2v) is 4.10. The number of nitrogens with one attached hydrogen (secondary N) is 2. The molecule has 17 heavy (non-hydrogen) atoms. The first kappa shape index (κ1) is 13.4. The lowest BCUT2D eigenvalue weighted by molar-refractivity contribution is -0.384. The van der Waals surface area contributed by atoms with Crippen molar-refractivity contribution < 1.29 is 4.92 Å². The summed E-state index contributed by atoms with van der Waals surface area (Å²) >= 11 is 5.01. The molecule has 0 aliphatic rings. The number of anilines is 1. The molecular formula is C11H15N3O2S. The zero-order valence-corrected chi connectivity index (χ0v) is 10.9. The average Bonchev–Trinajstić information content (AvgIpc) is 2.23. The molecule has 0 aromatic heterocycles. The van der Waals surface area contributed by atoms with Crippen LogP contribution in [-0.4, -0.2) is 16.6 Å². The van der Waals surface area contributed by atoms with Gasteiger partial charge in [0.25, 0.3) is 5.69 Å². The Balaban J connectivity index is 3.08. The molecule has 0 aliphatic heterocycles. The van der Waals surface area contributed by atoms with Crippen molar-refractivity contribution in [3.05, 3.63) is 33.4 Å². The zero-order valence-electron chi connectivity index (χ0n) is 10.0. The summed E-state index contributed by atoms with van der Waals surface area (Å²) in [7, 11) is 0. The quantitative estimate of drug-likeness (QED) is 0.492. The average molecular weight is 253 g/mol. The van der Waals surface area contributed by atoms with Gasteiger partial charge in [0.05, 0.1) is 4.92 Å². The number of nitro benzene ring substituents is 1. The summed E-state index contributed by atoms with van der Waals surface area (Å²) in [6.45, 7) is 6.32. The smallest absolute Gasteiger partial charge is 0.293 e. The lowest BCUT2D eigenvalue weighted by Gasteiger charge is -2.11. The van der Waals surface area contributed by atoms with Gasteiger partial charge in [0.15, 0.2) is 5.11 Å².